The molecule has 3 aromatic rings. The molecular weight excluding hydrogens is 558 g/mol. The number of Topliss-reactive ketones (excluding diaryl/α,β-unsaturated/α-hetero) is 2. The summed E-state index contributed by atoms with van der Waals surface area (Å²) >= 11 is -1.84. The van der Waals surface area contributed by atoms with E-state index in [1.807, 2.05) is 12.1 Å². The van der Waals surface area contributed by atoms with Crippen LogP contribution in [0.1, 0.15) is 59.3 Å². The number of allylic oxidation sites excluding steroid dienone is 4. The number of anilines is 1. The number of carbonyl (C=O) groups excluding carboxylic acids is 2. The average molecular weight is 591 g/mol. The van der Waals surface area contributed by atoms with Crippen LogP contribution in [0.3, 0.4) is 0 Å². The Bertz CT molecular complexity index is 1450. The summed E-state index contributed by atoms with van der Waals surface area (Å²) in [5.41, 5.74) is 3.81. The van der Waals surface area contributed by atoms with Gasteiger partial charge in [0.25, 0.3) is 0 Å². The Labute approximate surface area is 217 Å². The van der Waals surface area contributed by atoms with Crippen LogP contribution in [0.15, 0.2) is 65.9 Å². The molecule has 1 atom stereocenters. The van der Waals surface area contributed by atoms with Crippen LogP contribution in [0.4, 0.5) is 5.69 Å². The number of nitrogens with zero attached hydrogens (tertiary/aromatic N) is 1. The van der Waals surface area contributed by atoms with Gasteiger partial charge in [-0.2, -0.15) is 0 Å². The van der Waals surface area contributed by atoms with Crippen LogP contribution in [-0.2, 0) is 5.41 Å². The summed E-state index contributed by atoms with van der Waals surface area (Å²) in [5.74, 6) is 6.65. The number of hydrogen-bond acceptors (Lipinski definition) is 3. The second-order valence-corrected chi connectivity index (χ2v) is 24.2. The van der Waals surface area contributed by atoms with Crippen molar-refractivity contribution in [2.75, 3.05) is 4.90 Å². The molecule has 180 valence electrons. The molecule has 0 N–H and O–H groups in total. The van der Waals surface area contributed by atoms with Crippen LogP contribution in [0.5, 0.6) is 0 Å². The van der Waals surface area contributed by atoms with E-state index in [2.05, 4.69) is 86.3 Å². The molecule has 0 radical (unpaired) electrons. The monoisotopic (exact) mass is 593 g/mol. The van der Waals surface area contributed by atoms with Crippen molar-refractivity contribution in [1.29, 1.82) is 0 Å². The Morgan fingerprint density at radius 1 is 1.00 bits per heavy atom. The van der Waals surface area contributed by atoms with Crippen LogP contribution in [-0.4, -0.2) is 45.4 Å². The number of hydrogen-bond donors (Lipinski definition) is 0. The second kappa shape index (κ2) is 8.47. The molecule has 0 spiro atoms. The van der Waals surface area contributed by atoms with Crippen LogP contribution in [0.2, 0.25) is 17.3 Å². The number of carbonyl (C=O) groups is 2. The Kier molecular flexibility index (Phi) is 5.94. The summed E-state index contributed by atoms with van der Waals surface area (Å²) in [4.78, 5) is 29.1. The summed E-state index contributed by atoms with van der Waals surface area (Å²) < 4.78 is 4.19. The van der Waals surface area contributed by atoms with Gasteiger partial charge in [0.1, 0.15) is 0 Å². The van der Waals surface area contributed by atoms with Gasteiger partial charge < -0.3 is 0 Å². The first-order valence-electron chi connectivity index (χ1n) is 12.4. The van der Waals surface area contributed by atoms with E-state index in [0.717, 1.165) is 6.42 Å². The molecule has 0 saturated heterocycles. The number of rotatable bonds is 4. The van der Waals surface area contributed by atoms with Gasteiger partial charge in [-0.25, -0.2) is 0 Å². The minimum atomic E-state index is -2.11. The fraction of sp³-hybridized carbons (Fsp3) is 0.333. The summed E-state index contributed by atoms with van der Waals surface area (Å²) in [5, 5.41) is 1.34. The average Bonchev–Trinajstić information content (AvgIpc) is 3.38. The zero-order valence-corrected chi connectivity index (χ0v) is 25.5. The number of ketones is 2. The van der Waals surface area contributed by atoms with Crippen molar-refractivity contribution in [2.45, 2.75) is 62.8 Å². The molecule has 35 heavy (non-hydrogen) atoms. The van der Waals surface area contributed by atoms with Gasteiger partial charge in [0, 0.05) is 0 Å². The minimum absolute atomic E-state index is 0.128. The van der Waals surface area contributed by atoms with Crippen molar-refractivity contribution in [3.05, 3.63) is 81.5 Å². The molecule has 5 rings (SSSR count). The third-order valence-electron chi connectivity index (χ3n) is 7.58. The zero-order valence-electron chi connectivity index (χ0n) is 21.7. The number of fused-ring (bicyclic) bond motifs is 4. The maximum atomic E-state index is 13.4. The van der Waals surface area contributed by atoms with Gasteiger partial charge in [0.05, 0.1) is 0 Å². The maximum absolute atomic E-state index is 13.4. The molecule has 1 unspecified atom stereocenters. The van der Waals surface area contributed by atoms with Gasteiger partial charge in [-0.3, -0.25) is 0 Å². The van der Waals surface area contributed by atoms with Gasteiger partial charge >= 0.3 is 218 Å². The van der Waals surface area contributed by atoms with Crippen molar-refractivity contribution in [3.8, 4) is 0 Å². The second-order valence-electron chi connectivity index (χ2n) is 11.3. The fourth-order valence-electron chi connectivity index (χ4n) is 5.27. The zero-order chi connectivity index (χ0) is 25.3. The third-order valence-corrected chi connectivity index (χ3v) is 15.0. The quantitative estimate of drug-likeness (QED) is 0.205. The summed E-state index contributed by atoms with van der Waals surface area (Å²) in [7, 11) is 0. The standard InChI is InChI=1S/C30H33GeNO2Se/c1-8-18(2)32-25(30(3,4)29-26(32)21-11-9-10-12-24(21)35-29)16-15-22-27(33)20-14-13-19(31(5,6)7)17-23(20)28(22)34/h9-18H,8H2,1-7H3/b22-15+,25-16+. The topological polar surface area (TPSA) is 37.4 Å². The molecule has 1 aliphatic heterocycles. The van der Waals surface area contributed by atoms with Gasteiger partial charge in [-0.15, -0.1) is 0 Å². The molecule has 1 aromatic heterocycles. The first kappa shape index (κ1) is 24.6. The Morgan fingerprint density at radius 2 is 1.69 bits per heavy atom. The predicted molar refractivity (Wildman–Crippen MR) is 150 cm³/mol. The normalized spacial score (nSPS) is 20.3. The van der Waals surface area contributed by atoms with Crippen molar-refractivity contribution in [3.63, 3.8) is 0 Å². The molecule has 5 heteroatoms. The Hall–Kier alpha value is -2.14. The van der Waals surface area contributed by atoms with Crippen molar-refractivity contribution < 1.29 is 9.59 Å². The third kappa shape index (κ3) is 3.77. The van der Waals surface area contributed by atoms with E-state index in [1.165, 1.54) is 29.9 Å². The first-order valence-corrected chi connectivity index (χ1v) is 21.5. The van der Waals surface area contributed by atoms with Crippen LogP contribution in [0, 0.1) is 0 Å². The molecule has 3 nitrogen and oxygen atoms in total. The van der Waals surface area contributed by atoms with E-state index in [0.29, 0.717) is 22.7 Å². The molecule has 2 aromatic carbocycles. The Morgan fingerprint density at radius 3 is 2.37 bits per heavy atom. The molecular formula is C30H33GeNO2Se. The van der Waals surface area contributed by atoms with Crippen molar-refractivity contribution >= 4 is 59.1 Å². The molecule has 0 saturated carbocycles. The Balaban J connectivity index is 1.62. The molecule has 0 amide bonds. The van der Waals surface area contributed by atoms with Crippen molar-refractivity contribution in [1.82, 2.24) is 0 Å². The van der Waals surface area contributed by atoms with Gasteiger partial charge in [-0.05, 0) is 0 Å². The fourth-order valence-corrected chi connectivity index (χ4v) is 10.4. The molecule has 1 aliphatic carbocycles. The van der Waals surface area contributed by atoms with E-state index in [9.17, 15) is 9.59 Å². The van der Waals surface area contributed by atoms with Gasteiger partial charge in [0.15, 0.2) is 0 Å². The molecule has 2 aliphatic rings. The number of benzene rings is 2. The SMILES string of the molecule is CCC(C)N1/C(=C/C=C2\C(=O)c3cc[c]([Ge]([CH3])([CH3])[CH3])cc3C2=O)C(C)(C)c2[se]c3ccccc3c21. The van der Waals surface area contributed by atoms with E-state index < -0.39 is 13.3 Å². The van der Waals surface area contributed by atoms with Crippen LogP contribution < -0.4 is 9.30 Å². The summed E-state index contributed by atoms with van der Waals surface area (Å²) in [6.07, 6.45) is 4.87. The van der Waals surface area contributed by atoms with E-state index >= 15 is 0 Å². The van der Waals surface area contributed by atoms with Gasteiger partial charge in [-0.1, -0.05) is 0 Å². The van der Waals surface area contributed by atoms with Crippen molar-refractivity contribution in [2.24, 2.45) is 0 Å². The molecule has 0 bridgehead atoms. The predicted octanol–water partition coefficient (Wildman–Crippen LogP) is 6.23. The van der Waals surface area contributed by atoms with Gasteiger partial charge in [0.2, 0.25) is 0 Å². The summed E-state index contributed by atoms with van der Waals surface area (Å²) in [6.45, 7) is 9.06. The molecule has 0 fully saturated rings. The first-order chi connectivity index (χ1) is 16.5. The van der Waals surface area contributed by atoms with Crippen LogP contribution in [0.25, 0.3) is 9.65 Å². The summed E-state index contributed by atoms with van der Waals surface area (Å²) in [6, 6.07) is 15.0. The van der Waals surface area contributed by atoms with E-state index in [-0.39, 0.29) is 31.5 Å². The van der Waals surface area contributed by atoms with E-state index in [4.69, 9.17) is 0 Å². The van der Waals surface area contributed by atoms with E-state index in [1.54, 1.807) is 6.08 Å². The molecule has 2 heterocycles. The van der Waals surface area contributed by atoms with Crippen LogP contribution >= 0.6 is 0 Å².